The predicted molar refractivity (Wildman–Crippen MR) is 154 cm³/mol. The molecule has 0 aliphatic heterocycles. The number of phenols is 3. The summed E-state index contributed by atoms with van der Waals surface area (Å²) in [4.78, 5) is 53.2. The molecule has 2 rings (SSSR count). The van der Waals surface area contributed by atoms with Crippen LogP contribution in [0.25, 0.3) is 0 Å². The zero-order chi connectivity index (χ0) is 30.4. The first-order valence-electron chi connectivity index (χ1n) is 14.5. The number of phenolic OH excluding ortho intramolecular Hbond substituents is 3. The van der Waals surface area contributed by atoms with Gasteiger partial charge in [-0.05, 0) is 37.0 Å². The van der Waals surface area contributed by atoms with E-state index in [0.717, 1.165) is 25.7 Å². The van der Waals surface area contributed by atoms with Crippen molar-refractivity contribution in [3.8, 4) is 23.0 Å². The van der Waals surface area contributed by atoms with Crippen LogP contribution in [-0.4, -0.2) is 38.8 Å². The monoisotopic (exact) mass is 570 g/mol. The molecular formula is C32H42O9. The summed E-state index contributed by atoms with van der Waals surface area (Å²) in [5, 5.41) is 31.7. The Bertz CT molecular complexity index is 1220. The molecule has 0 heterocycles. The second-order valence-corrected chi connectivity index (χ2v) is 10.1. The normalized spacial score (nSPS) is 10.8. The summed E-state index contributed by atoms with van der Waals surface area (Å²) in [7, 11) is 0. The van der Waals surface area contributed by atoms with Gasteiger partial charge in [0, 0.05) is 19.3 Å². The predicted octanol–water partition coefficient (Wildman–Crippen LogP) is 7.17. The zero-order valence-corrected chi connectivity index (χ0v) is 24.3. The molecule has 0 fully saturated rings. The molecule has 0 atom stereocenters. The lowest BCUT2D eigenvalue weighted by Gasteiger charge is -2.20. The minimum Gasteiger partial charge on any atom is -0.508 e. The minimum absolute atomic E-state index is 0.00745. The van der Waals surface area contributed by atoms with Crippen LogP contribution in [0.5, 0.6) is 23.0 Å². The quantitative estimate of drug-likeness (QED) is 0.0557. The summed E-state index contributed by atoms with van der Waals surface area (Å²) >= 11 is 0. The molecule has 41 heavy (non-hydrogen) atoms. The van der Waals surface area contributed by atoms with Gasteiger partial charge in [0.2, 0.25) is 5.75 Å². The molecule has 0 amide bonds. The molecule has 0 radical (unpaired) electrons. The number of Topliss-reactive ketones (excluding diaryl/α,β-unsaturated/α-hetero) is 2. The van der Waals surface area contributed by atoms with E-state index in [-0.39, 0.29) is 31.6 Å². The van der Waals surface area contributed by atoms with Crippen LogP contribution in [0.1, 0.15) is 134 Å². The molecule has 0 spiro atoms. The first-order chi connectivity index (χ1) is 19.7. The van der Waals surface area contributed by atoms with Gasteiger partial charge in [-0.2, -0.15) is 0 Å². The number of unbranched alkanes of at least 4 members (excludes halogenated alkanes) is 6. The van der Waals surface area contributed by atoms with E-state index in [1.165, 1.54) is 12.1 Å². The lowest BCUT2D eigenvalue weighted by Crippen LogP contribution is -2.21. The van der Waals surface area contributed by atoms with Crippen LogP contribution in [0.4, 0.5) is 0 Å². The summed E-state index contributed by atoms with van der Waals surface area (Å²) in [6.45, 7) is 5.56. The smallest absolute Gasteiger partial charge is 0.340 e. The molecule has 2 aromatic carbocycles. The Morgan fingerprint density at radius 2 is 1.24 bits per heavy atom. The number of ether oxygens (including phenoxy) is 2. The highest BCUT2D eigenvalue weighted by Gasteiger charge is 2.36. The molecule has 3 N–H and O–H groups in total. The van der Waals surface area contributed by atoms with Crippen LogP contribution in [-0.2, 0) is 16.1 Å². The average molecular weight is 571 g/mol. The van der Waals surface area contributed by atoms with Crippen LogP contribution in [0.2, 0.25) is 0 Å². The fraction of sp³-hybridized carbons (Fsp3) is 0.500. The van der Waals surface area contributed by atoms with Gasteiger partial charge in [-0.1, -0.05) is 71.4 Å². The maximum atomic E-state index is 13.6. The van der Waals surface area contributed by atoms with Crippen molar-refractivity contribution in [2.75, 3.05) is 0 Å². The van der Waals surface area contributed by atoms with Gasteiger partial charge < -0.3 is 24.8 Å². The number of carbonyl (C=O) groups is 4. The molecule has 9 nitrogen and oxygen atoms in total. The Hall–Kier alpha value is -3.88. The van der Waals surface area contributed by atoms with Crippen molar-refractivity contribution in [2.24, 2.45) is 0 Å². The second kappa shape index (κ2) is 17.0. The third-order valence-electron chi connectivity index (χ3n) is 6.66. The van der Waals surface area contributed by atoms with Crippen LogP contribution >= 0.6 is 0 Å². The summed E-state index contributed by atoms with van der Waals surface area (Å²) < 4.78 is 10.9. The largest absolute Gasteiger partial charge is 0.508 e. The van der Waals surface area contributed by atoms with Crippen molar-refractivity contribution >= 4 is 23.5 Å². The third kappa shape index (κ3) is 9.62. The molecule has 0 bridgehead atoms. The van der Waals surface area contributed by atoms with Gasteiger partial charge in [0.15, 0.2) is 23.1 Å². The number of benzene rings is 2. The van der Waals surface area contributed by atoms with Gasteiger partial charge in [-0.25, -0.2) is 4.79 Å². The molecule has 224 valence electrons. The highest BCUT2D eigenvalue weighted by Crippen LogP contribution is 2.46. The Morgan fingerprint density at radius 1 is 0.683 bits per heavy atom. The van der Waals surface area contributed by atoms with E-state index in [0.29, 0.717) is 37.7 Å². The maximum Gasteiger partial charge on any atom is 0.340 e. The van der Waals surface area contributed by atoms with E-state index < -0.39 is 57.4 Å². The molecule has 0 unspecified atom stereocenters. The lowest BCUT2D eigenvalue weighted by molar-refractivity contribution is -0.134. The minimum atomic E-state index is -1.11. The van der Waals surface area contributed by atoms with Gasteiger partial charge >= 0.3 is 11.9 Å². The number of hydrogen-bond donors (Lipinski definition) is 3. The summed E-state index contributed by atoms with van der Waals surface area (Å²) in [6, 6.07) is 6.01. The maximum absolute atomic E-state index is 13.6. The van der Waals surface area contributed by atoms with Crippen molar-refractivity contribution in [1.82, 2.24) is 0 Å². The molecule has 0 aliphatic rings. The van der Waals surface area contributed by atoms with Crippen molar-refractivity contribution in [3.63, 3.8) is 0 Å². The standard InChI is InChI=1S/C32H42O9/c1-4-7-10-16-23(34)26-28(32(39)40-20-21-14-13-15-22(33)19-21)27(24(35)17-11-8-5-2)31(30(38)29(26)37)41-25(36)18-12-9-6-3/h13-15,19,33,37-38H,4-12,16-18,20H2,1-3H3. The topological polar surface area (TPSA) is 147 Å². The Kier molecular flexibility index (Phi) is 13.9. The molecule has 2 aromatic rings. The Balaban J connectivity index is 2.69. The molecule has 9 heteroatoms. The Labute approximate surface area is 241 Å². The number of esters is 2. The number of rotatable bonds is 18. The highest BCUT2D eigenvalue weighted by atomic mass is 16.5. The summed E-state index contributed by atoms with van der Waals surface area (Å²) in [5.41, 5.74) is -1.10. The van der Waals surface area contributed by atoms with Crippen molar-refractivity contribution in [3.05, 3.63) is 46.5 Å². The number of aromatic hydroxyl groups is 3. The SMILES string of the molecule is CCCCCC(=O)Oc1c(O)c(O)c(C(=O)CCCCC)c(C(=O)OCc2cccc(O)c2)c1C(=O)CCCCC. The fourth-order valence-electron chi connectivity index (χ4n) is 4.41. The first kappa shape index (κ1) is 33.3. The zero-order valence-electron chi connectivity index (χ0n) is 24.3. The number of carbonyl (C=O) groups excluding carboxylic acids is 4. The van der Waals surface area contributed by atoms with Crippen LogP contribution in [0.3, 0.4) is 0 Å². The lowest BCUT2D eigenvalue weighted by atomic mass is 9.89. The van der Waals surface area contributed by atoms with Crippen molar-refractivity contribution in [1.29, 1.82) is 0 Å². The Morgan fingerprint density at radius 3 is 1.80 bits per heavy atom. The molecular weight excluding hydrogens is 528 g/mol. The van der Waals surface area contributed by atoms with Gasteiger partial charge in [-0.15, -0.1) is 0 Å². The van der Waals surface area contributed by atoms with Crippen LogP contribution in [0, 0.1) is 0 Å². The van der Waals surface area contributed by atoms with Gasteiger partial charge in [0.25, 0.3) is 0 Å². The molecule has 0 aliphatic carbocycles. The third-order valence-corrected chi connectivity index (χ3v) is 6.66. The molecule has 0 saturated carbocycles. The van der Waals surface area contributed by atoms with E-state index in [1.54, 1.807) is 12.1 Å². The van der Waals surface area contributed by atoms with Crippen LogP contribution in [0.15, 0.2) is 24.3 Å². The average Bonchev–Trinajstić information content (AvgIpc) is 2.94. The van der Waals surface area contributed by atoms with Crippen LogP contribution < -0.4 is 4.74 Å². The van der Waals surface area contributed by atoms with E-state index in [4.69, 9.17) is 9.47 Å². The fourth-order valence-corrected chi connectivity index (χ4v) is 4.41. The van der Waals surface area contributed by atoms with Gasteiger partial charge in [0.05, 0.1) is 16.7 Å². The van der Waals surface area contributed by atoms with E-state index in [1.807, 2.05) is 20.8 Å². The van der Waals surface area contributed by atoms with Gasteiger partial charge in [-0.3, -0.25) is 14.4 Å². The molecule has 0 aromatic heterocycles. The number of hydrogen-bond acceptors (Lipinski definition) is 9. The molecule has 0 saturated heterocycles. The van der Waals surface area contributed by atoms with E-state index >= 15 is 0 Å². The van der Waals surface area contributed by atoms with Crippen molar-refractivity contribution in [2.45, 2.75) is 104 Å². The van der Waals surface area contributed by atoms with E-state index in [2.05, 4.69) is 0 Å². The van der Waals surface area contributed by atoms with Crippen molar-refractivity contribution < 1.29 is 44.0 Å². The summed E-state index contributed by atoms with van der Waals surface area (Å²) in [6.07, 6.45) is 5.99. The van der Waals surface area contributed by atoms with E-state index in [9.17, 15) is 34.5 Å². The summed E-state index contributed by atoms with van der Waals surface area (Å²) in [5.74, 6) is -5.73. The van der Waals surface area contributed by atoms with Gasteiger partial charge in [0.1, 0.15) is 12.4 Å². The highest BCUT2D eigenvalue weighted by molar-refractivity contribution is 6.17. The number of ketones is 2. The second-order valence-electron chi connectivity index (χ2n) is 10.1. The first-order valence-corrected chi connectivity index (χ1v) is 14.5.